The zero-order chi connectivity index (χ0) is 43.6. The quantitative estimate of drug-likeness (QED) is 0.130. The van der Waals surface area contributed by atoms with Crippen LogP contribution in [0.5, 0.6) is 0 Å². The van der Waals surface area contributed by atoms with Crippen LogP contribution in [0, 0.1) is 17.8 Å². The first-order valence-electron chi connectivity index (χ1n) is 24.1. The van der Waals surface area contributed by atoms with E-state index in [1.807, 2.05) is 0 Å². The van der Waals surface area contributed by atoms with Gasteiger partial charge in [0.1, 0.15) is 0 Å². The van der Waals surface area contributed by atoms with E-state index in [-0.39, 0.29) is 17.5 Å². The van der Waals surface area contributed by atoms with Crippen LogP contribution in [0.3, 0.4) is 0 Å². The van der Waals surface area contributed by atoms with Crippen molar-refractivity contribution in [3.05, 3.63) is 160 Å². The summed E-state index contributed by atoms with van der Waals surface area (Å²) in [5, 5.41) is 2.56. The molecule has 0 radical (unpaired) electrons. The summed E-state index contributed by atoms with van der Waals surface area (Å²) in [4.78, 5) is 5.41. The third-order valence-electron chi connectivity index (χ3n) is 15.2. The first kappa shape index (κ1) is 39.5. The van der Waals surface area contributed by atoms with Gasteiger partial charge < -0.3 is 18.9 Å². The lowest BCUT2D eigenvalue weighted by molar-refractivity contribution is 0.481. The maximum atomic E-state index is 3.82. The van der Waals surface area contributed by atoms with Gasteiger partial charge in [-0.2, -0.15) is 0 Å². The van der Waals surface area contributed by atoms with E-state index in [1.165, 1.54) is 127 Å². The Morgan fingerprint density at radius 2 is 1.20 bits per heavy atom. The second-order valence-electron chi connectivity index (χ2n) is 21.3. The summed E-state index contributed by atoms with van der Waals surface area (Å²) in [5.41, 5.74) is 32.3. The van der Waals surface area contributed by atoms with Gasteiger partial charge in [0.2, 0.25) is 0 Å². The maximum Gasteiger partial charge on any atom is 0.294 e. The van der Waals surface area contributed by atoms with Crippen LogP contribution < -0.4 is 26.4 Å². The number of anilines is 6. The van der Waals surface area contributed by atoms with E-state index < -0.39 is 0 Å². The van der Waals surface area contributed by atoms with E-state index in [4.69, 9.17) is 0 Å². The fraction of sp³-hybridized carbons (Fsp3) is 0.322. The van der Waals surface area contributed by atoms with Gasteiger partial charge >= 0.3 is 0 Å². The summed E-state index contributed by atoms with van der Waals surface area (Å²) in [5.74, 6) is 0. The Labute approximate surface area is 380 Å². The number of allylic oxidation sites excluding steroid dienone is 8. The summed E-state index contributed by atoms with van der Waals surface area (Å²) in [6.07, 6.45) is 20.8. The second kappa shape index (κ2) is 14.4. The Hall–Kier alpha value is -6.12. The molecule has 318 valence electrons. The molecule has 0 bridgehead atoms. The number of rotatable bonds is 4. The van der Waals surface area contributed by atoms with Crippen molar-refractivity contribution in [2.45, 2.75) is 113 Å². The van der Waals surface area contributed by atoms with E-state index >= 15 is 0 Å². The highest BCUT2D eigenvalue weighted by Gasteiger charge is 2.51. The normalized spacial score (nSPS) is 17.6. The molecule has 6 aromatic rings. The molecule has 0 spiro atoms. The van der Waals surface area contributed by atoms with E-state index in [9.17, 15) is 0 Å². The highest BCUT2D eigenvalue weighted by Crippen LogP contribution is 2.52. The van der Waals surface area contributed by atoms with Crippen LogP contribution in [-0.2, 0) is 25.7 Å². The van der Waals surface area contributed by atoms with E-state index in [0.29, 0.717) is 0 Å². The molecule has 4 aromatic carbocycles. The molecule has 4 heterocycles. The molecule has 5 heteroatoms. The van der Waals surface area contributed by atoms with Gasteiger partial charge in [0.15, 0.2) is 0 Å². The summed E-state index contributed by atoms with van der Waals surface area (Å²) in [6.45, 7) is 16.3. The third kappa shape index (κ3) is 5.90. The molecule has 0 saturated heterocycles. The average molecular weight is 835 g/mol. The fourth-order valence-electron chi connectivity index (χ4n) is 12.2. The van der Waals surface area contributed by atoms with Crippen LogP contribution in [0.25, 0.3) is 22.2 Å². The van der Waals surface area contributed by atoms with Crippen LogP contribution in [0.1, 0.15) is 108 Å². The number of hydrogen-bond donors (Lipinski definition) is 0. The van der Waals surface area contributed by atoms with Crippen molar-refractivity contribution in [2.24, 2.45) is 10.8 Å². The van der Waals surface area contributed by atoms with Gasteiger partial charge in [-0.1, -0.05) is 114 Å². The lowest BCUT2D eigenvalue weighted by Crippen LogP contribution is -2.64. The van der Waals surface area contributed by atoms with Gasteiger partial charge in [0.25, 0.3) is 6.71 Å². The van der Waals surface area contributed by atoms with Gasteiger partial charge in [0.05, 0.1) is 22.8 Å². The van der Waals surface area contributed by atoms with Crippen molar-refractivity contribution in [3.8, 4) is 0 Å². The molecule has 4 aliphatic carbocycles. The van der Waals surface area contributed by atoms with Crippen molar-refractivity contribution in [1.29, 1.82) is 0 Å². The molecule has 12 rings (SSSR count). The van der Waals surface area contributed by atoms with Crippen molar-refractivity contribution >= 4 is 79.7 Å². The maximum absolute atomic E-state index is 3.82. The number of hydrogen-bond acceptors (Lipinski definition) is 2. The molecule has 4 nitrogen and oxygen atoms in total. The summed E-state index contributed by atoms with van der Waals surface area (Å²) in [7, 11) is 0. The molecular weight excluding hydrogens is 775 g/mol. The van der Waals surface area contributed by atoms with Crippen LogP contribution >= 0.6 is 0 Å². The van der Waals surface area contributed by atoms with E-state index in [0.717, 1.165) is 44.2 Å². The molecule has 0 N–H and O–H groups in total. The summed E-state index contributed by atoms with van der Waals surface area (Å²) >= 11 is 0. The van der Waals surface area contributed by atoms with Gasteiger partial charge in [-0.15, -0.1) is 0 Å². The van der Waals surface area contributed by atoms with Crippen molar-refractivity contribution in [2.75, 3.05) is 9.80 Å². The molecule has 0 atom stereocenters. The molecule has 0 unspecified atom stereocenters. The number of aryl methyl sites for hydroxylation is 1. The largest absolute Gasteiger partial charge is 0.327 e. The number of nitrogens with zero attached hydrogens (tertiary/aromatic N) is 4. The number of benzene rings is 4. The molecule has 0 saturated carbocycles. The minimum atomic E-state index is -0.0254. The van der Waals surface area contributed by atoms with E-state index in [1.54, 1.807) is 5.56 Å². The van der Waals surface area contributed by atoms with Gasteiger partial charge in [-0.25, -0.2) is 0 Å². The molecule has 2 aliphatic heterocycles. The molecule has 0 amide bonds. The molecule has 2 aromatic heterocycles. The van der Waals surface area contributed by atoms with Crippen LogP contribution in [0.15, 0.2) is 132 Å². The Bertz CT molecular complexity index is 3170. The van der Waals surface area contributed by atoms with Crippen molar-refractivity contribution < 1.29 is 0 Å². The van der Waals surface area contributed by atoms with Crippen molar-refractivity contribution in [1.82, 2.24) is 9.13 Å². The second-order valence-corrected chi connectivity index (χ2v) is 21.3. The number of fused-ring (bicyclic) bond motifs is 9. The van der Waals surface area contributed by atoms with Crippen molar-refractivity contribution in [3.63, 3.8) is 0 Å². The monoisotopic (exact) mass is 834 g/mol. The predicted octanol–water partition coefficient (Wildman–Crippen LogP) is 13.3. The number of para-hydroxylation sites is 1. The van der Waals surface area contributed by atoms with Crippen LogP contribution in [0.4, 0.5) is 34.1 Å². The van der Waals surface area contributed by atoms with E-state index in [2.05, 4.69) is 188 Å². The zero-order valence-electron chi connectivity index (χ0n) is 38.8. The Kier molecular flexibility index (Phi) is 8.91. The van der Waals surface area contributed by atoms with Crippen LogP contribution in [0.2, 0.25) is 0 Å². The topological polar surface area (TPSA) is 16.3 Å². The Morgan fingerprint density at radius 3 is 1.88 bits per heavy atom. The summed E-state index contributed by atoms with van der Waals surface area (Å²) < 4.78 is 5.53. The van der Waals surface area contributed by atoms with Gasteiger partial charge in [0, 0.05) is 56.3 Å². The SMILES string of the molecule is Cc1cc2c3c(c1)N(c1cccc4ccccc14)c1c4c(n(C5=CC=C(C(C)(C)C)CC5)c1B3c1c(c3c(n1C1=C=C=C(C(C)(C)C)C=C1)CCCC3)N2c1ccccc1)CCCC4. The lowest BCUT2D eigenvalue weighted by Gasteiger charge is -2.44. The molecular formula is C59H59BN4. The minimum absolute atomic E-state index is 0.0152. The zero-order valence-corrected chi connectivity index (χ0v) is 38.8. The Morgan fingerprint density at radius 1 is 0.562 bits per heavy atom. The first-order valence-corrected chi connectivity index (χ1v) is 24.1. The molecule has 0 fully saturated rings. The lowest BCUT2D eigenvalue weighted by atomic mass is 9.36. The molecule has 64 heavy (non-hydrogen) atoms. The smallest absolute Gasteiger partial charge is 0.294 e. The standard InChI is InChI=1S/C59H59BN4/c1-38-36-51-53-52(37-38)64(48-27-17-19-39-18-11-12-22-45(39)48)55-47-24-14-16-26-50(47)63(44-34-30-41(31-35-44)59(5,6)7)57(55)60(53)56-54(61(51)42-20-9-8-10-21-42)46-23-13-15-25-49(46)62(56)43-32-28-40(29-33-43)58(2,3)4/h8-12,17-22,27-28,30,32,34,36-37H,13-16,23-26,31,35H2,1-7H3. The molecule has 6 aliphatic rings. The highest BCUT2D eigenvalue weighted by atomic mass is 15.2. The highest BCUT2D eigenvalue weighted by molar-refractivity contribution is 7.00. The van der Waals surface area contributed by atoms with Gasteiger partial charge in [-0.05, 0) is 164 Å². The minimum Gasteiger partial charge on any atom is -0.327 e. The first-order chi connectivity index (χ1) is 31.0. The third-order valence-corrected chi connectivity index (χ3v) is 15.2. The number of aromatic nitrogens is 2. The fourth-order valence-corrected chi connectivity index (χ4v) is 12.2. The average Bonchev–Trinajstić information content (AvgIpc) is 3.82. The van der Waals surface area contributed by atoms with Crippen LogP contribution in [-0.4, -0.2) is 15.8 Å². The Balaban J connectivity index is 1.27. The van der Waals surface area contributed by atoms with Gasteiger partial charge in [-0.3, -0.25) is 0 Å². The summed E-state index contributed by atoms with van der Waals surface area (Å²) in [6, 6.07) is 32.2. The predicted molar refractivity (Wildman–Crippen MR) is 272 cm³/mol.